The van der Waals surface area contributed by atoms with Crippen molar-refractivity contribution >= 4 is 5.91 Å². The second kappa shape index (κ2) is 6.15. The van der Waals surface area contributed by atoms with Gasteiger partial charge in [-0.15, -0.1) is 0 Å². The van der Waals surface area contributed by atoms with Gasteiger partial charge in [0.1, 0.15) is 11.6 Å². The largest absolute Gasteiger partial charge is 0.469 e. The third-order valence-electron chi connectivity index (χ3n) is 2.78. The van der Waals surface area contributed by atoms with E-state index in [9.17, 15) is 9.18 Å². The molecule has 2 rings (SSSR count). The van der Waals surface area contributed by atoms with Crippen LogP contribution in [0.5, 0.6) is 0 Å². The van der Waals surface area contributed by atoms with Crippen LogP contribution in [0.1, 0.15) is 21.7 Å². The number of hydrogen-bond donors (Lipinski definition) is 2. The molecule has 0 saturated heterocycles. The van der Waals surface area contributed by atoms with Crippen LogP contribution in [-0.4, -0.2) is 12.5 Å². The van der Waals surface area contributed by atoms with E-state index in [1.807, 2.05) is 12.1 Å². The molecule has 0 saturated carbocycles. The molecule has 3 N–H and O–H groups in total. The third-order valence-corrected chi connectivity index (χ3v) is 2.78. The van der Waals surface area contributed by atoms with Crippen molar-refractivity contribution in [2.75, 3.05) is 6.54 Å². The van der Waals surface area contributed by atoms with Crippen LogP contribution in [0.3, 0.4) is 0 Å². The number of halogens is 1. The highest BCUT2D eigenvalue weighted by Crippen LogP contribution is 2.10. The van der Waals surface area contributed by atoms with Crippen molar-refractivity contribution in [1.29, 1.82) is 0 Å². The Kier molecular flexibility index (Phi) is 4.30. The number of rotatable bonds is 6. The number of carbonyl (C=O) groups is 1. The fourth-order valence-electron chi connectivity index (χ4n) is 1.73. The van der Waals surface area contributed by atoms with Gasteiger partial charge in [-0.25, -0.2) is 4.39 Å². The van der Waals surface area contributed by atoms with Crippen LogP contribution in [0.4, 0.5) is 4.39 Å². The van der Waals surface area contributed by atoms with Gasteiger partial charge < -0.3 is 15.5 Å². The molecule has 0 unspecified atom stereocenters. The second-order valence-electron chi connectivity index (χ2n) is 4.18. The molecule has 1 amide bonds. The van der Waals surface area contributed by atoms with E-state index >= 15 is 0 Å². The van der Waals surface area contributed by atoms with Crippen LogP contribution < -0.4 is 11.1 Å². The minimum atomic E-state index is -0.628. The Morgan fingerprint density at radius 3 is 2.84 bits per heavy atom. The lowest BCUT2D eigenvalue weighted by molar-refractivity contribution is 0.1000. The van der Waals surface area contributed by atoms with Gasteiger partial charge in [-0.05, 0) is 24.3 Å². The van der Waals surface area contributed by atoms with Gasteiger partial charge in [0, 0.05) is 30.6 Å². The second-order valence-corrected chi connectivity index (χ2v) is 4.18. The fraction of sp³-hybridized carbons (Fsp3) is 0.214. The summed E-state index contributed by atoms with van der Waals surface area (Å²) in [5.41, 5.74) is 5.76. The Morgan fingerprint density at radius 1 is 1.37 bits per heavy atom. The molecule has 0 aliphatic rings. The Hall–Kier alpha value is -2.14. The van der Waals surface area contributed by atoms with E-state index in [0.717, 1.165) is 18.2 Å². The minimum absolute atomic E-state index is 0.178. The van der Waals surface area contributed by atoms with Gasteiger partial charge in [0.05, 0.1) is 6.26 Å². The van der Waals surface area contributed by atoms with Crippen molar-refractivity contribution in [2.45, 2.75) is 13.0 Å². The Bertz CT molecular complexity index is 553. The van der Waals surface area contributed by atoms with Crippen LogP contribution in [0.25, 0.3) is 0 Å². The summed E-state index contributed by atoms with van der Waals surface area (Å²) in [4.78, 5) is 10.9. The van der Waals surface area contributed by atoms with Crippen molar-refractivity contribution in [2.24, 2.45) is 5.73 Å². The van der Waals surface area contributed by atoms with Gasteiger partial charge in [0.25, 0.3) is 0 Å². The number of furan rings is 1. The quantitative estimate of drug-likeness (QED) is 0.781. The summed E-state index contributed by atoms with van der Waals surface area (Å²) in [6, 6.07) is 7.97. The number of amides is 1. The first-order chi connectivity index (χ1) is 9.16. The van der Waals surface area contributed by atoms with Crippen molar-refractivity contribution in [1.82, 2.24) is 5.32 Å². The molecule has 100 valence electrons. The van der Waals surface area contributed by atoms with Gasteiger partial charge in [-0.3, -0.25) is 4.79 Å². The van der Waals surface area contributed by atoms with E-state index in [1.54, 1.807) is 12.3 Å². The van der Waals surface area contributed by atoms with Gasteiger partial charge in [-0.2, -0.15) is 0 Å². The van der Waals surface area contributed by atoms with Crippen molar-refractivity contribution in [3.05, 3.63) is 59.3 Å². The van der Waals surface area contributed by atoms with E-state index in [2.05, 4.69) is 5.32 Å². The zero-order valence-electron chi connectivity index (χ0n) is 10.4. The fourth-order valence-corrected chi connectivity index (χ4v) is 1.73. The maximum absolute atomic E-state index is 13.6. The molecule has 0 aliphatic carbocycles. The molecule has 2 aromatic rings. The summed E-state index contributed by atoms with van der Waals surface area (Å²) >= 11 is 0. The van der Waals surface area contributed by atoms with Crippen molar-refractivity contribution < 1.29 is 13.6 Å². The standard InChI is InChI=1S/C14H15FN2O2/c15-13-8-10(14(16)18)3-4-11(13)9-17-6-5-12-2-1-7-19-12/h1-4,7-8,17H,5-6,9H2,(H2,16,18). The molecule has 0 bridgehead atoms. The molecular weight excluding hydrogens is 247 g/mol. The highest BCUT2D eigenvalue weighted by molar-refractivity contribution is 5.92. The van der Waals surface area contributed by atoms with Crippen molar-refractivity contribution in [3.8, 4) is 0 Å². The smallest absolute Gasteiger partial charge is 0.248 e. The van der Waals surface area contributed by atoms with Crippen LogP contribution in [0, 0.1) is 5.82 Å². The average Bonchev–Trinajstić information content (AvgIpc) is 2.89. The minimum Gasteiger partial charge on any atom is -0.469 e. The lowest BCUT2D eigenvalue weighted by Gasteiger charge is -2.06. The zero-order chi connectivity index (χ0) is 13.7. The lowest BCUT2D eigenvalue weighted by Crippen LogP contribution is -2.18. The van der Waals surface area contributed by atoms with Gasteiger partial charge in [-0.1, -0.05) is 6.07 Å². The van der Waals surface area contributed by atoms with Gasteiger partial charge in [0.15, 0.2) is 0 Å². The highest BCUT2D eigenvalue weighted by atomic mass is 19.1. The van der Waals surface area contributed by atoms with E-state index in [4.69, 9.17) is 10.2 Å². The summed E-state index contributed by atoms with van der Waals surface area (Å²) in [6.45, 7) is 1.08. The summed E-state index contributed by atoms with van der Waals surface area (Å²) in [6.07, 6.45) is 2.37. The number of primary amides is 1. The lowest BCUT2D eigenvalue weighted by atomic mass is 10.1. The summed E-state index contributed by atoms with van der Waals surface area (Å²) < 4.78 is 18.8. The number of nitrogens with one attached hydrogen (secondary N) is 1. The molecule has 0 radical (unpaired) electrons. The third kappa shape index (κ3) is 3.66. The van der Waals surface area contributed by atoms with Crippen LogP contribution in [0.15, 0.2) is 41.0 Å². The molecule has 0 spiro atoms. The summed E-state index contributed by atoms with van der Waals surface area (Å²) in [5, 5.41) is 3.11. The highest BCUT2D eigenvalue weighted by Gasteiger charge is 2.06. The van der Waals surface area contributed by atoms with E-state index in [1.165, 1.54) is 6.07 Å². The Balaban J connectivity index is 1.84. The van der Waals surface area contributed by atoms with Crippen LogP contribution >= 0.6 is 0 Å². The first kappa shape index (κ1) is 13.3. The SMILES string of the molecule is NC(=O)c1ccc(CNCCc2ccco2)c(F)c1. The van der Waals surface area contributed by atoms with Crippen LogP contribution in [-0.2, 0) is 13.0 Å². The van der Waals surface area contributed by atoms with E-state index < -0.39 is 11.7 Å². The maximum Gasteiger partial charge on any atom is 0.248 e. The first-order valence-corrected chi connectivity index (χ1v) is 5.98. The molecule has 1 aromatic carbocycles. The number of hydrogen-bond acceptors (Lipinski definition) is 3. The Labute approximate surface area is 110 Å². The summed E-state index contributed by atoms with van der Waals surface area (Å²) in [5.74, 6) is -0.171. The summed E-state index contributed by atoms with van der Waals surface area (Å²) in [7, 11) is 0. The zero-order valence-corrected chi connectivity index (χ0v) is 10.4. The monoisotopic (exact) mass is 262 g/mol. The normalized spacial score (nSPS) is 10.6. The Morgan fingerprint density at radius 2 is 2.21 bits per heavy atom. The topological polar surface area (TPSA) is 68.3 Å². The number of carbonyl (C=O) groups excluding carboxylic acids is 1. The van der Waals surface area contributed by atoms with E-state index in [-0.39, 0.29) is 5.56 Å². The molecule has 1 heterocycles. The molecule has 0 fully saturated rings. The molecule has 5 heteroatoms. The average molecular weight is 262 g/mol. The first-order valence-electron chi connectivity index (χ1n) is 5.98. The maximum atomic E-state index is 13.6. The number of benzene rings is 1. The van der Waals surface area contributed by atoms with Crippen molar-refractivity contribution in [3.63, 3.8) is 0 Å². The van der Waals surface area contributed by atoms with Crippen LogP contribution in [0.2, 0.25) is 0 Å². The molecular formula is C14H15FN2O2. The number of nitrogens with two attached hydrogens (primary N) is 1. The van der Waals surface area contributed by atoms with Gasteiger partial charge in [0.2, 0.25) is 5.91 Å². The molecule has 0 aliphatic heterocycles. The molecule has 4 nitrogen and oxygen atoms in total. The molecule has 19 heavy (non-hydrogen) atoms. The predicted octanol–water partition coefficient (Wildman–Crippen LogP) is 1.85. The molecule has 0 atom stereocenters. The molecule has 1 aromatic heterocycles. The van der Waals surface area contributed by atoms with Gasteiger partial charge >= 0.3 is 0 Å². The van der Waals surface area contributed by atoms with E-state index in [0.29, 0.717) is 18.7 Å². The predicted molar refractivity (Wildman–Crippen MR) is 69.0 cm³/mol.